The highest BCUT2D eigenvalue weighted by atomic mass is 32.1. The molecule has 15 rings (SSSR count). The maximum atomic E-state index is 13.9. The van der Waals surface area contributed by atoms with Crippen LogP contribution in [-0.2, 0) is 86.2 Å². The predicted molar refractivity (Wildman–Crippen MR) is 540 cm³/mol. The molecule has 718 valence electrons. The normalized spacial score (nSPS) is 25.1. The molecule has 0 aliphatic carbocycles. The average molecular weight is 1950 g/mol. The van der Waals surface area contributed by atoms with Crippen LogP contribution in [0.4, 0.5) is 28.4 Å². The Kier molecular flexibility index (Phi) is 20.7. The Morgan fingerprint density at radius 1 is 0.353 bits per heavy atom. The first-order chi connectivity index (χ1) is 86.1. The van der Waals surface area contributed by atoms with Crippen molar-refractivity contribution in [1.82, 2.24) is 44.3 Å². The summed E-state index contributed by atoms with van der Waals surface area (Å²) < 4.78 is 474. The fourth-order valence-electron chi connectivity index (χ4n) is 15.5. The van der Waals surface area contributed by atoms with Gasteiger partial charge in [0.15, 0.2) is 0 Å². The molecule has 5 saturated heterocycles. The van der Waals surface area contributed by atoms with Gasteiger partial charge in [0.05, 0.1) is 28.5 Å². The number of para-hydroxylation sites is 5. The summed E-state index contributed by atoms with van der Waals surface area (Å²) in [7, 11) is -2.45. The van der Waals surface area contributed by atoms with Gasteiger partial charge >= 0.3 is 5.69 Å². The number of amides is 5. The van der Waals surface area contributed by atoms with E-state index in [1.807, 2.05) is 25.1 Å². The minimum absolute atomic E-state index is 0.000232. The van der Waals surface area contributed by atoms with Gasteiger partial charge in [0.1, 0.15) is 28.6 Å². The van der Waals surface area contributed by atoms with E-state index in [2.05, 4.69) is 15.3 Å². The second-order valence-electron chi connectivity index (χ2n) is 29.9. The number of anilines is 5. The number of aryl methyl sites for hydroxylation is 5. The Labute approximate surface area is 882 Å². The summed E-state index contributed by atoms with van der Waals surface area (Å²) in [6.07, 6.45) is -26.1. The lowest BCUT2D eigenvalue weighted by molar-refractivity contribution is -0.129. The summed E-state index contributed by atoms with van der Waals surface area (Å²) >= 11 is 4.17. The Morgan fingerprint density at radius 2 is 0.632 bits per heavy atom. The molecule has 0 bridgehead atoms. The van der Waals surface area contributed by atoms with Gasteiger partial charge in [-0.15, -0.1) is 45.3 Å². The van der Waals surface area contributed by atoms with Crippen molar-refractivity contribution in [3.63, 3.8) is 0 Å². The molecule has 0 saturated carbocycles. The van der Waals surface area contributed by atoms with E-state index in [1.165, 1.54) is 84.6 Å². The summed E-state index contributed by atoms with van der Waals surface area (Å²) in [6.45, 7) is -24.0. The maximum absolute atomic E-state index is 13.9. The van der Waals surface area contributed by atoms with Gasteiger partial charge in [-0.05, 0) is 149 Å². The van der Waals surface area contributed by atoms with E-state index in [-0.39, 0.29) is 119 Å². The topological polar surface area (TPSA) is 217 Å². The molecule has 5 aliphatic rings. The van der Waals surface area contributed by atoms with Crippen molar-refractivity contribution < 1.29 is 123 Å². The number of benzene rings is 5. The van der Waals surface area contributed by atoms with Crippen molar-refractivity contribution in [1.29, 1.82) is 0 Å². The first-order valence-corrected chi connectivity index (χ1v) is 45.6. The Hall–Kier alpha value is -9.28. The summed E-state index contributed by atoms with van der Waals surface area (Å²) in [5.41, 5.74) is -10.2. The monoisotopic (exact) mass is 1950 g/mol. The molecule has 133 heavy (non-hydrogen) atoms. The van der Waals surface area contributed by atoms with Gasteiger partial charge in [-0.1, -0.05) is 149 Å². The number of hydrogen-bond acceptors (Lipinski definition) is 22. The van der Waals surface area contributed by atoms with Crippen molar-refractivity contribution in [3.05, 3.63) is 251 Å². The standard InChI is InChI=1S/4C21H28N2O2S.C20H30N6O3/c4*1-3-20(24)23(18-8-5-4-6-9-18)21(25-2)12-15-22(16-13-21)14-11-19-10-7-17-26-19;1-4-18(27)26(17-9-7-6-8-10-17)20(29-3)11-13-23(14-12-20)15-16-25-19(28)24(5-2)21-22-25/h4*4-10,17H,3,11-16H2,1-2H3;6-10H,4-5,11-16H2,1-3H3/i1D3,2D3,3D2,4D,5D,6D,8D,9D,11D2,14D2;1D3,3D2,4D,5D,6D,8D,9D,11D2,14D2;1D3,2D3,3D2,11D2,14D2;1D3,3D2,11D2,14D2;1D3. The van der Waals surface area contributed by atoms with Crippen molar-refractivity contribution >= 4 is 103 Å². The van der Waals surface area contributed by atoms with Crippen molar-refractivity contribution in [3.8, 4) is 0 Å². The van der Waals surface area contributed by atoms with E-state index in [0.717, 1.165) is 62.3 Å². The maximum Gasteiger partial charge on any atom is 0.363 e. The van der Waals surface area contributed by atoms with Crippen LogP contribution in [-0.4, -0.2) is 236 Å². The Bertz CT molecular complexity index is 7680. The first kappa shape index (κ1) is 52.3. The SMILES string of the molecule is [2H]C([2H])([2H])C([2H])([2H])C(=O)N(c1ccccc1)C1(OC)CCN(C([2H])([2H])C([2H])([2H])c2cccs2)CC1.[2H]C([2H])([2H])CC(=O)N(c1ccccc1)C1(OC)CCN(CCn2nnn(CC)c2=O)CC1.[2H]C([2H])([2H])OC1(N(C(=O)C([2H])([2H])C([2H])([2H])[2H])c2ccccc2)CCN(C([2H])([2H])C([2H])([2H])c2cccs2)CC1.[2H]c1c([2H])c([2H])c(N(C(=O)C([2H])([2H])C([2H])([2H])[2H])C2(OC([2H])([2H])[2H])CCN(C([2H])([2H])C([2H])([2H])c3cccs3)CC2)c([2H])c1[2H].[2H]c1c([2H])c([2H])c(N(C(=O)C([2H])([2H])C([2H])([2H])[2H])C2(OC)CCN(C([2H])([2H])C([2H])([2H])c3cccs3)CC2)c([2H])c1[2H]. The van der Waals surface area contributed by atoms with Gasteiger partial charge in [-0.2, -0.15) is 9.36 Å². The highest BCUT2D eigenvalue weighted by Gasteiger charge is 2.49. The van der Waals surface area contributed by atoms with E-state index in [9.17, 15) is 28.8 Å². The fraction of sp³-hybridized carbons (Fsp3) is 0.500. The zero-order valence-electron chi connectivity index (χ0n) is 128. The average Bonchev–Trinajstić information content (AvgIpc) is 1.34. The number of likely N-dealkylation sites (tertiary alicyclic amines) is 5. The van der Waals surface area contributed by atoms with Crippen LogP contribution in [0.25, 0.3) is 0 Å². The summed E-state index contributed by atoms with van der Waals surface area (Å²) in [4.78, 5) is 91.1. The largest absolute Gasteiger partial charge is 0.363 e. The molecule has 0 atom stereocenters. The number of methoxy groups -OCH3 is 5. The third kappa shape index (κ3) is 27.8. The molecule has 10 heterocycles. The minimum Gasteiger partial charge on any atom is -0.358 e. The number of hydrogen-bond donors (Lipinski definition) is 0. The highest BCUT2D eigenvalue weighted by Crippen LogP contribution is 2.41. The lowest BCUT2D eigenvalue weighted by Gasteiger charge is -2.47. The molecule has 0 spiro atoms. The van der Waals surface area contributed by atoms with Gasteiger partial charge in [-0.3, -0.25) is 48.5 Å². The lowest BCUT2D eigenvalue weighted by Crippen LogP contribution is -2.59. The molecule has 0 N–H and O–H groups in total. The minimum atomic E-state index is -3.77. The summed E-state index contributed by atoms with van der Waals surface area (Å²) in [5.74, 6) is -7.00. The molecule has 29 heteroatoms. The number of aromatic nitrogens is 4. The lowest BCUT2D eigenvalue weighted by atomic mass is 9.96. The molecular formula is C104H142N14O11S4. The predicted octanol–water partition coefficient (Wildman–Crippen LogP) is 18.0. The molecule has 5 fully saturated rings. The van der Waals surface area contributed by atoms with Crippen LogP contribution in [0, 0.1) is 0 Å². The zero-order valence-corrected chi connectivity index (χ0v) is 76.7. The molecule has 5 aliphatic heterocycles. The van der Waals surface area contributed by atoms with Gasteiger partial charge < -0.3 is 48.2 Å². The number of tetrazole rings is 1. The van der Waals surface area contributed by atoms with Crippen LogP contribution in [0.15, 0.2) is 226 Å². The van der Waals surface area contributed by atoms with E-state index in [0.29, 0.717) is 61.1 Å². The number of carbonyl (C=O) groups is 5. The molecule has 0 unspecified atom stereocenters. The quantitative estimate of drug-likeness (QED) is 0.0334. The third-order valence-electron chi connectivity index (χ3n) is 22.5. The third-order valence-corrected chi connectivity index (χ3v) is 25.7. The van der Waals surface area contributed by atoms with Crippen LogP contribution in [0.3, 0.4) is 0 Å². The van der Waals surface area contributed by atoms with Crippen molar-refractivity contribution in [2.45, 2.75) is 205 Å². The number of carbonyl (C=O) groups excluding carboxylic acids is 5. The van der Waals surface area contributed by atoms with Crippen molar-refractivity contribution in [2.75, 3.05) is 158 Å². The number of ether oxygens (including phenoxy) is 5. The number of rotatable bonds is 36. The van der Waals surface area contributed by atoms with Crippen LogP contribution in [0.1, 0.15) is 232 Å². The van der Waals surface area contributed by atoms with Crippen LogP contribution >= 0.6 is 45.3 Å². The highest BCUT2D eigenvalue weighted by molar-refractivity contribution is 7.10. The van der Waals surface area contributed by atoms with E-state index >= 15 is 0 Å². The van der Waals surface area contributed by atoms with Crippen LogP contribution < -0.4 is 30.2 Å². The molecule has 25 nitrogen and oxygen atoms in total. The number of nitrogens with zero attached hydrogens (tertiary/aromatic N) is 14. The van der Waals surface area contributed by atoms with Gasteiger partial charge in [0, 0.05) is 337 Å². The Balaban J connectivity index is 0.000000218. The fourth-order valence-corrected chi connectivity index (χ4v) is 17.8. The van der Waals surface area contributed by atoms with Crippen LogP contribution in [0.2, 0.25) is 0 Å². The van der Waals surface area contributed by atoms with E-state index < -0.39 is 288 Å². The zero-order chi connectivity index (χ0) is 142. The number of piperidine rings is 5. The van der Waals surface area contributed by atoms with E-state index in [4.69, 9.17) is 99.1 Å². The van der Waals surface area contributed by atoms with Gasteiger partial charge in [0.2, 0.25) is 29.5 Å². The first-order valence-electron chi connectivity index (χ1n) is 69.5. The van der Waals surface area contributed by atoms with Gasteiger partial charge in [-0.25, -0.2) is 4.79 Å². The second kappa shape index (κ2) is 52.7. The summed E-state index contributed by atoms with van der Waals surface area (Å²) in [6, 6.07) is 27.5. The smallest absolute Gasteiger partial charge is 0.358 e. The molecule has 0 radical (unpaired) electrons. The molecule has 5 amide bonds. The summed E-state index contributed by atoms with van der Waals surface area (Å²) in [5, 5.41) is 14.2. The molecular weight excluding hydrogens is 1750 g/mol. The Morgan fingerprint density at radius 3 is 0.887 bits per heavy atom. The molecule has 5 aromatic carbocycles. The number of thiophene rings is 4. The molecule has 10 aromatic rings. The van der Waals surface area contributed by atoms with Crippen molar-refractivity contribution in [2.24, 2.45) is 0 Å². The van der Waals surface area contributed by atoms with Crippen LogP contribution in [0.5, 0.6) is 0 Å². The second-order valence-corrected chi connectivity index (χ2v) is 33.7. The van der Waals surface area contributed by atoms with Gasteiger partial charge in [0.25, 0.3) is 0 Å². The van der Waals surface area contributed by atoms with E-state index in [1.54, 1.807) is 101 Å². The molecule has 5 aromatic heterocycles.